The molecule has 7 nitrogen and oxygen atoms in total. The molecule has 0 aliphatic carbocycles. The average Bonchev–Trinajstić information content (AvgIpc) is 3.16. The van der Waals surface area contributed by atoms with Crippen LogP contribution >= 0.6 is 11.6 Å². The summed E-state index contributed by atoms with van der Waals surface area (Å²) in [5.41, 5.74) is 1.02. The van der Waals surface area contributed by atoms with Gasteiger partial charge in [-0.15, -0.1) is 0 Å². The molecule has 2 aliphatic rings. The van der Waals surface area contributed by atoms with E-state index in [9.17, 15) is 9.59 Å². The molecule has 1 saturated heterocycles. The van der Waals surface area contributed by atoms with Gasteiger partial charge in [0.05, 0.1) is 29.5 Å². The Morgan fingerprint density at radius 2 is 2.10 bits per heavy atom. The molecular weight excluding hydrogens is 414 g/mol. The van der Waals surface area contributed by atoms with Crippen LogP contribution in [-0.2, 0) is 11.3 Å². The van der Waals surface area contributed by atoms with Crippen molar-refractivity contribution in [2.45, 2.75) is 45.3 Å². The molecule has 1 aromatic carbocycles. The lowest BCUT2D eigenvalue weighted by atomic mass is 10.1. The number of anilines is 1. The van der Waals surface area contributed by atoms with Gasteiger partial charge in [0, 0.05) is 18.7 Å². The summed E-state index contributed by atoms with van der Waals surface area (Å²) in [6, 6.07) is 7.38. The first kappa shape index (κ1) is 21.6. The number of rotatable bonds is 6. The minimum atomic E-state index is -0.265. The first-order valence-electron chi connectivity index (χ1n) is 10.8. The summed E-state index contributed by atoms with van der Waals surface area (Å²) in [7, 11) is 0. The average molecular weight is 442 g/mol. The molecule has 0 spiro atoms. The zero-order chi connectivity index (χ0) is 22.0. The molecule has 0 bridgehead atoms. The molecule has 2 aromatic rings. The van der Waals surface area contributed by atoms with Crippen LogP contribution in [0, 0.1) is 0 Å². The quantitative estimate of drug-likeness (QED) is 0.693. The van der Waals surface area contributed by atoms with E-state index in [-0.39, 0.29) is 17.9 Å². The molecule has 8 heteroatoms. The normalized spacial score (nSPS) is 19.7. The predicted octanol–water partition coefficient (Wildman–Crippen LogP) is 3.73. The predicted molar refractivity (Wildman–Crippen MR) is 121 cm³/mol. The molecule has 2 atom stereocenters. The number of halogens is 1. The molecule has 164 valence electrons. The lowest BCUT2D eigenvalue weighted by molar-refractivity contribution is -0.128. The summed E-state index contributed by atoms with van der Waals surface area (Å²) < 4.78 is 1.91. The fourth-order valence-corrected chi connectivity index (χ4v) is 4.40. The summed E-state index contributed by atoms with van der Waals surface area (Å²) in [4.78, 5) is 34.3. The van der Waals surface area contributed by atoms with Gasteiger partial charge in [-0.25, -0.2) is 4.98 Å². The van der Waals surface area contributed by atoms with Gasteiger partial charge in [0.15, 0.2) is 0 Å². The third kappa shape index (κ3) is 4.52. The zero-order valence-electron chi connectivity index (χ0n) is 17.9. The SMILES string of the molecule is CC[C@H](/C=C/C(=O)N1Cc2ncc(C(=O)Nc3ccccc3Cl)n2[C@H](C)C1)N1CCC1. The Bertz CT molecular complexity index is 998. The van der Waals surface area contributed by atoms with Crippen LogP contribution in [0.3, 0.4) is 0 Å². The van der Waals surface area contributed by atoms with E-state index in [0.717, 1.165) is 19.5 Å². The minimum absolute atomic E-state index is 0.0119. The van der Waals surface area contributed by atoms with Crippen molar-refractivity contribution in [3.63, 3.8) is 0 Å². The third-order valence-corrected chi connectivity index (χ3v) is 6.37. The Labute approximate surface area is 187 Å². The van der Waals surface area contributed by atoms with Crippen molar-refractivity contribution in [1.82, 2.24) is 19.4 Å². The summed E-state index contributed by atoms with van der Waals surface area (Å²) in [5.74, 6) is 0.431. The number of amides is 2. The molecular formula is C23H28ClN5O2. The van der Waals surface area contributed by atoms with E-state index in [4.69, 9.17) is 11.6 Å². The monoisotopic (exact) mass is 441 g/mol. The van der Waals surface area contributed by atoms with E-state index in [1.54, 1.807) is 29.3 Å². The lowest BCUT2D eigenvalue weighted by Gasteiger charge is -2.36. The molecule has 0 saturated carbocycles. The van der Waals surface area contributed by atoms with Gasteiger partial charge in [-0.05, 0) is 45.0 Å². The molecule has 0 unspecified atom stereocenters. The number of likely N-dealkylation sites (tertiary alicyclic amines) is 1. The Morgan fingerprint density at radius 3 is 2.77 bits per heavy atom. The van der Waals surface area contributed by atoms with E-state index in [1.165, 1.54) is 6.42 Å². The molecule has 2 amide bonds. The van der Waals surface area contributed by atoms with Crippen LogP contribution in [0.25, 0.3) is 0 Å². The first-order valence-corrected chi connectivity index (χ1v) is 11.2. The number of aromatic nitrogens is 2. The number of imidazole rings is 1. The molecule has 3 heterocycles. The van der Waals surface area contributed by atoms with Crippen LogP contribution in [0.1, 0.15) is 49.0 Å². The van der Waals surface area contributed by atoms with Crippen molar-refractivity contribution in [1.29, 1.82) is 0 Å². The maximum absolute atomic E-state index is 12.8. The van der Waals surface area contributed by atoms with Crippen molar-refractivity contribution >= 4 is 29.1 Å². The second-order valence-electron chi connectivity index (χ2n) is 8.16. The Kier molecular flexibility index (Phi) is 6.43. The van der Waals surface area contributed by atoms with Crippen LogP contribution in [0.15, 0.2) is 42.6 Å². The number of nitrogens with zero attached hydrogens (tertiary/aromatic N) is 4. The number of nitrogens with one attached hydrogen (secondary N) is 1. The van der Waals surface area contributed by atoms with Gasteiger partial charge in [0.1, 0.15) is 11.5 Å². The van der Waals surface area contributed by atoms with Gasteiger partial charge in [0.25, 0.3) is 5.91 Å². The van der Waals surface area contributed by atoms with Gasteiger partial charge >= 0.3 is 0 Å². The number of carbonyl (C=O) groups excluding carboxylic acids is 2. The summed E-state index contributed by atoms with van der Waals surface area (Å²) in [6.45, 7) is 7.26. The molecule has 2 aliphatic heterocycles. The Hall–Kier alpha value is -2.64. The fourth-order valence-electron chi connectivity index (χ4n) is 4.22. The van der Waals surface area contributed by atoms with E-state index in [2.05, 4.69) is 22.1 Å². The van der Waals surface area contributed by atoms with Gasteiger partial charge in [0.2, 0.25) is 5.91 Å². The fraction of sp³-hybridized carbons (Fsp3) is 0.435. The first-order chi connectivity index (χ1) is 15.0. The highest BCUT2D eigenvalue weighted by atomic mass is 35.5. The molecule has 1 aromatic heterocycles. The van der Waals surface area contributed by atoms with Crippen molar-refractivity contribution in [3.05, 3.63) is 59.2 Å². The summed E-state index contributed by atoms with van der Waals surface area (Å²) >= 11 is 6.16. The number of carbonyl (C=O) groups is 2. The van der Waals surface area contributed by atoms with Crippen molar-refractivity contribution in [3.8, 4) is 0 Å². The van der Waals surface area contributed by atoms with E-state index in [0.29, 0.717) is 41.4 Å². The standard InChI is InChI=1S/C23H28ClN5O2/c1-3-17(27-11-6-12-27)9-10-22(30)28-14-16(2)29-20(13-25-21(29)15-28)23(31)26-19-8-5-4-7-18(19)24/h4-5,7-10,13,16-17H,3,6,11-12,14-15H2,1-2H3,(H,26,31)/b10-9+/t16-,17-/m1/s1. The summed E-state index contributed by atoms with van der Waals surface area (Å²) in [6.07, 6.45) is 7.52. The second kappa shape index (κ2) is 9.24. The smallest absolute Gasteiger partial charge is 0.273 e. The highest BCUT2D eigenvalue weighted by Crippen LogP contribution is 2.26. The highest BCUT2D eigenvalue weighted by Gasteiger charge is 2.30. The number of para-hydroxylation sites is 1. The maximum Gasteiger partial charge on any atom is 0.273 e. The third-order valence-electron chi connectivity index (χ3n) is 6.04. The van der Waals surface area contributed by atoms with Crippen LogP contribution in [0.4, 0.5) is 5.69 Å². The minimum Gasteiger partial charge on any atom is -0.330 e. The topological polar surface area (TPSA) is 70.5 Å². The molecule has 0 radical (unpaired) electrons. The Morgan fingerprint density at radius 1 is 1.32 bits per heavy atom. The molecule has 1 N–H and O–H groups in total. The molecule has 4 rings (SSSR count). The van der Waals surface area contributed by atoms with Crippen LogP contribution in [0.5, 0.6) is 0 Å². The second-order valence-corrected chi connectivity index (χ2v) is 8.56. The van der Waals surface area contributed by atoms with Crippen LogP contribution in [-0.4, -0.2) is 56.8 Å². The Balaban J connectivity index is 1.45. The summed E-state index contributed by atoms with van der Waals surface area (Å²) in [5, 5.41) is 3.33. The molecule has 1 fully saturated rings. The largest absolute Gasteiger partial charge is 0.330 e. The van der Waals surface area contributed by atoms with Crippen molar-refractivity contribution in [2.75, 3.05) is 25.0 Å². The van der Waals surface area contributed by atoms with Gasteiger partial charge in [-0.1, -0.05) is 36.7 Å². The highest BCUT2D eigenvalue weighted by molar-refractivity contribution is 6.33. The zero-order valence-corrected chi connectivity index (χ0v) is 18.7. The van der Waals surface area contributed by atoms with Gasteiger partial charge < -0.3 is 14.8 Å². The van der Waals surface area contributed by atoms with Crippen LogP contribution in [0.2, 0.25) is 5.02 Å². The van der Waals surface area contributed by atoms with Gasteiger partial charge in [-0.2, -0.15) is 0 Å². The van der Waals surface area contributed by atoms with E-state index < -0.39 is 0 Å². The number of hydrogen-bond acceptors (Lipinski definition) is 4. The lowest BCUT2D eigenvalue weighted by Crippen LogP contribution is -2.44. The number of fused-ring (bicyclic) bond motifs is 1. The maximum atomic E-state index is 12.8. The van der Waals surface area contributed by atoms with Gasteiger partial charge in [-0.3, -0.25) is 14.5 Å². The van der Waals surface area contributed by atoms with Crippen molar-refractivity contribution < 1.29 is 9.59 Å². The number of hydrogen-bond donors (Lipinski definition) is 1. The number of benzene rings is 1. The van der Waals surface area contributed by atoms with Crippen molar-refractivity contribution in [2.24, 2.45) is 0 Å². The van der Waals surface area contributed by atoms with Crippen LogP contribution < -0.4 is 5.32 Å². The molecule has 31 heavy (non-hydrogen) atoms. The van der Waals surface area contributed by atoms with E-state index in [1.807, 2.05) is 29.7 Å². The van der Waals surface area contributed by atoms with E-state index >= 15 is 0 Å².